The topological polar surface area (TPSA) is 0 Å². The fourth-order valence-electron chi connectivity index (χ4n) is 1.39. The summed E-state index contributed by atoms with van der Waals surface area (Å²) in [6, 6.07) is 10.7. The van der Waals surface area contributed by atoms with E-state index in [0.29, 0.717) is 4.47 Å². The number of hydrogen-bond acceptors (Lipinski definition) is 0. The molecule has 0 aliphatic heterocycles. The van der Waals surface area contributed by atoms with E-state index in [2.05, 4.69) is 15.9 Å². The minimum atomic E-state index is -0.436. The molecule has 0 fully saturated rings. The molecule has 0 spiro atoms. The Bertz CT molecular complexity index is 495. The summed E-state index contributed by atoms with van der Waals surface area (Å²) in [7, 11) is 0. The van der Waals surface area contributed by atoms with Crippen molar-refractivity contribution in [3.05, 3.63) is 58.6 Å². The highest BCUT2D eigenvalue weighted by Crippen LogP contribution is 2.27. The van der Waals surface area contributed by atoms with E-state index in [9.17, 15) is 8.78 Å². The minimum absolute atomic E-state index is 0.274. The van der Waals surface area contributed by atoms with Gasteiger partial charge in [-0.15, -0.1) is 0 Å². The van der Waals surface area contributed by atoms with Crippen LogP contribution in [0.4, 0.5) is 8.78 Å². The van der Waals surface area contributed by atoms with Gasteiger partial charge in [0, 0.05) is 15.6 Å². The molecule has 0 aliphatic rings. The van der Waals surface area contributed by atoms with Crippen LogP contribution in [0.25, 0.3) is 11.1 Å². The Morgan fingerprint density at radius 3 is 2.13 bits per heavy atom. The van der Waals surface area contributed by atoms with Crippen molar-refractivity contribution in [3.8, 4) is 11.1 Å². The average Bonchev–Trinajstić information content (AvgIpc) is 2.20. The molecule has 0 heterocycles. The van der Waals surface area contributed by atoms with Crippen LogP contribution in [-0.4, -0.2) is 0 Å². The maximum absolute atomic E-state index is 13.5. The van der Waals surface area contributed by atoms with Gasteiger partial charge in [0.15, 0.2) is 0 Å². The molecule has 15 heavy (non-hydrogen) atoms. The van der Waals surface area contributed by atoms with Gasteiger partial charge in [-0.3, -0.25) is 0 Å². The summed E-state index contributed by atoms with van der Waals surface area (Å²) in [4.78, 5) is 0. The second-order valence-electron chi connectivity index (χ2n) is 3.10. The molecular formula is C12H7BrF2. The van der Waals surface area contributed by atoms with Crippen LogP contribution >= 0.6 is 15.9 Å². The molecule has 0 radical (unpaired) electrons. The summed E-state index contributed by atoms with van der Waals surface area (Å²) in [6.07, 6.45) is 0. The molecule has 0 amide bonds. The summed E-state index contributed by atoms with van der Waals surface area (Å²) in [5, 5.41) is 0. The van der Waals surface area contributed by atoms with Crippen LogP contribution in [0.1, 0.15) is 0 Å². The lowest BCUT2D eigenvalue weighted by Gasteiger charge is -2.04. The monoisotopic (exact) mass is 268 g/mol. The predicted octanol–water partition coefficient (Wildman–Crippen LogP) is 4.39. The number of rotatable bonds is 1. The van der Waals surface area contributed by atoms with E-state index in [1.165, 1.54) is 12.1 Å². The highest BCUT2D eigenvalue weighted by atomic mass is 79.9. The van der Waals surface area contributed by atoms with Crippen molar-refractivity contribution in [3.63, 3.8) is 0 Å². The van der Waals surface area contributed by atoms with Gasteiger partial charge in [0.25, 0.3) is 0 Å². The molecule has 76 valence electrons. The summed E-state index contributed by atoms with van der Waals surface area (Å²) < 4.78 is 27.5. The van der Waals surface area contributed by atoms with Crippen LogP contribution in [0, 0.1) is 11.6 Å². The molecule has 2 rings (SSSR count). The zero-order valence-corrected chi connectivity index (χ0v) is 9.26. The zero-order valence-electron chi connectivity index (χ0n) is 7.68. The van der Waals surface area contributed by atoms with Crippen molar-refractivity contribution in [2.75, 3.05) is 0 Å². The van der Waals surface area contributed by atoms with Crippen LogP contribution in [0.3, 0.4) is 0 Å². The Labute approximate surface area is 94.7 Å². The standard InChI is InChI=1S/C12H7BrF2/c13-8-5-6-10(12(15)7-8)9-3-1-2-4-11(9)14/h1-7H. The van der Waals surface area contributed by atoms with Crippen LogP contribution < -0.4 is 0 Å². The zero-order chi connectivity index (χ0) is 10.8. The van der Waals surface area contributed by atoms with E-state index in [1.54, 1.807) is 30.3 Å². The first kappa shape index (κ1) is 10.3. The van der Waals surface area contributed by atoms with Crippen LogP contribution in [-0.2, 0) is 0 Å². The van der Waals surface area contributed by atoms with Crippen molar-refractivity contribution < 1.29 is 8.78 Å². The molecule has 0 unspecified atom stereocenters. The molecule has 0 aliphatic carbocycles. The third kappa shape index (κ3) is 2.07. The van der Waals surface area contributed by atoms with Gasteiger partial charge < -0.3 is 0 Å². The average molecular weight is 269 g/mol. The number of hydrogen-bond donors (Lipinski definition) is 0. The van der Waals surface area contributed by atoms with Gasteiger partial charge in [-0.25, -0.2) is 8.78 Å². The fourth-order valence-corrected chi connectivity index (χ4v) is 1.72. The molecule has 0 bridgehead atoms. The summed E-state index contributed by atoms with van der Waals surface area (Å²) >= 11 is 3.15. The number of benzene rings is 2. The van der Waals surface area contributed by atoms with Gasteiger partial charge in [0.1, 0.15) is 11.6 Å². The van der Waals surface area contributed by atoms with Crippen LogP contribution in [0.5, 0.6) is 0 Å². The predicted molar refractivity (Wildman–Crippen MR) is 59.5 cm³/mol. The van der Waals surface area contributed by atoms with Crippen molar-refractivity contribution in [1.29, 1.82) is 0 Å². The van der Waals surface area contributed by atoms with Gasteiger partial charge in [-0.1, -0.05) is 40.2 Å². The molecule has 0 nitrogen and oxygen atoms in total. The molecule has 0 atom stereocenters. The fraction of sp³-hybridized carbons (Fsp3) is 0. The molecule has 0 N–H and O–H groups in total. The van der Waals surface area contributed by atoms with E-state index in [-0.39, 0.29) is 11.1 Å². The quantitative estimate of drug-likeness (QED) is 0.720. The largest absolute Gasteiger partial charge is 0.206 e. The second kappa shape index (κ2) is 4.11. The van der Waals surface area contributed by atoms with Gasteiger partial charge in [-0.2, -0.15) is 0 Å². The maximum atomic E-state index is 13.5. The summed E-state index contributed by atoms with van der Waals surface area (Å²) in [5.74, 6) is -0.854. The number of halogens is 3. The Morgan fingerprint density at radius 2 is 1.47 bits per heavy atom. The van der Waals surface area contributed by atoms with Gasteiger partial charge in [-0.05, 0) is 18.2 Å². The third-order valence-electron chi connectivity index (χ3n) is 2.10. The van der Waals surface area contributed by atoms with E-state index < -0.39 is 11.6 Å². The van der Waals surface area contributed by atoms with Crippen molar-refractivity contribution >= 4 is 15.9 Å². The van der Waals surface area contributed by atoms with Gasteiger partial charge in [0.2, 0.25) is 0 Å². The first-order valence-corrected chi connectivity index (χ1v) is 5.18. The highest BCUT2D eigenvalue weighted by molar-refractivity contribution is 9.10. The van der Waals surface area contributed by atoms with Gasteiger partial charge in [0.05, 0.1) is 0 Å². The van der Waals surface area contributed by atoms with Crippen molar-refractivity contribution in [2.24, 2.45) is 0 Å². The lowest BCUT2D eigenvalue weighted by atomic mass is 10.0. The minimum Gasteiger partial charge on any atom is -0.206 e. The van der Waals surface area contributed by atoms with Crippen LogP contribution in [0.2, 0.25) is 0 Å². The summed E-state index contributed by atoms with van der Waals surface area (Å²) in [6.45, 7) is 0. The van der Waals surface area contributed by atoms with Crippen molar-refractivity contribution in [2.45, 2.75) is 0 Å². The molecule has 2 aromatic carbocycles. The normalized spacial score (nSPS) is 10.3. The highest BCUT2D eigenvalue weighted by Gasteiger charge is 2.09. The SMILES string of the molecule is Fc1ccccc1-c1ccc(Br)cc1F. The Balaban J connectivity index is 2.60. The van der Waals surface area contributed by atoms with E-state index in [0.717, 1.165) is 0 Å². The molecule has 0 aromatic heterocycles. The first-order chi connectivity index (χ1) is 7.18. The van der Waals surface area contributed by atoms with E-state index in [1.807, 2.05) is 0 Å². The Kier molecular flexibility index (Phi) is 2.82. The Hall–Kier alpha value is -1.22. The van der Waals surface area contributed by atoms with E-state index >= 15 is 0 Å². The molecular weight excluding hydrogens is 262 g/mol. The lowest BCUT2D eigenvalue weighted by Crippen LogP contribution is -1.87. The lowest BCUT2D eigenvalue weighted by molar-refractivity contribution is 0.616. The molecule has 2 aromatic rings. The van der Waals surface area contributed by atoms with Crippen molar-refractivity contribution in [1.82, 2.24) is 0 Å². The Morgan fingerprint density at radius 1 is 0.800 bits per heavy atom. The maximum Gasteiger partial charge on any atom is 0.132 e. The summed E-state index contributed by atoms with van der Waals surface area (Å²) in [5.41, 5.74) is 0.554. The smallest absolute Gasteiger partial charge is 0.132 e. The second-order valence-corrected chi connectivity index (χ2v) is 4.02. The first-order valence-electron chi connectivity index (χ1n) is 4.38. The van der Waals surface area contributed by atoms with E-state index in [4.69, 9.17) is 0 Å². The molecule has 0 saturated carbocycles. The molecule has 3 heteroatoms. The third-order valence-corrected chi connectivity index (χ3v) is 2.59. The molecule has 0 saturated heterocycles. The van der Waals surface area contributed by atoms with Crippen LogP contribution in [0.15, 0.2) is 46.9 Å². The van der Waals surface area contributed by atoms with Gasteiger partial charge >= 0.3 is 0 Å².